The lowest BCUT2D eigenvalue weighted by atomic mass is 9.93. The van der Waals surface area contributed by atoms with Crippen molar-refractivity contribution in [3.63, 3.8) is 0 Å². The molecule has 0 aromatic carbocycles. The van der Waals surface area contributed by atoms with Gasteiger partial charge in [0.25, 0.3) is 0 Å². The Morgan fingerprint density at radius 3 is 3.08 bits per heavy atom. The van der Waals surface area contributed by atoms with Crippen LogP contribution >= 0.6 is 28.1 Å². The van der Waals surface area contributed by atoms with E-state index in [1.54, 1.807) is 6.20 Å². The van der Waals surface area contributed by atoms with Gasteiger partial charge in [0, 0.05) is 15.5 Å². The molecule has 0 radical (unpaired) electrons. The molecule has 3 heteroatoms. The second kappa shape index (κ2) is 3.07. The minimum atomic E-state index is 0.214. The number of thiocarbonyl (C=S) groups is 1. The standard InChI is InChI=1S/C9H6BrNS/c10-6-1-2-7-8(5-6)11-4-3-9(7)12/h1-5,7H. The van der Waals surface area contributed by atoms with Crippen LogP contribution < -0.4 is 0 Å². The maximum atomic E-state index is 5.18. The Morgan fingerprint density at radius 2 is 2.25 bits per heavy atom. The van der Waals surface area contributed by atoms with Crippen molar-refractivity contribution in [2.45, 2.75) is 0 Å². The summed E-state index contributed by atoms with van der Waals surface area (Å²) in [5, 5.41) is 0. The zero-order chi connectivity index (χ0) is 8.55. The first-order valence-corrected chi connectivity index (χ1v) is 4.81. The van der Waals surface area contributed by atoms with Gasteiger partial charge in [0.1, 0.15) is 0 Å². The number of aliphatic imine (C=N–C) groups is 1. The number of hydrogen-bond acceptors (Lipinski definition) is 2. The molecule has 1 heterocycles. The highest BCUT2D eigenvalue weighted by Gasteiger charge is 2.19. The molecule has 0 aromatic heterocycles. The molecule has 0 bridgehead atoms. The Labute approximate surface area is 84.7 Å². The molecule has 1 atom stereocenters. The van der Waals surface area contributed by atoms with E-state index in [2.05, 4.69) is 27.0 Å². The SMILES string of the molecule is S=C1C=CN=C2C=C(Br)C=CC12. The molecule has 0 fully saturated rings. The van der Waals surface area contributed by atoms with E-state index in [1.807, 2.05) is 18.2 Å². The molecule has 0 saturated carbocycles. The second-order valence-corrected chi connectivity index (χ2v) is 4.03. The molecule has 0 aromatic rings. The Bertz CT molecular complexity index is 350. The fourth-order valence-electron chi connectivity index (χ4n) is 1.22. The van der Waals surface area contributed by atoms with Crippen molar-refractivity contribution in [1.29, 1.82) is 0 Å². The van der Waals surface area contributed by atoms with Gasteiger partial charge < -0.3 is 0 Å². The lowest BCUT2D eigenvalue weighted by Gasteiger charge is -2.18. The van der Waals surface area contributed by atoms with Crippen molar-refractivity contribution in [1.82, 2.24) is 0 Å². The van der Waals surface area contributed by atoms with E-state index in [4.69, 9.17) is 12.2 Å². The molecule has 0 N–H and O–H groups in total. The Morgan fingerprint density at radius 1 is 1.42 bits per heavy atom. The Hall–Kier alpha value is -0.540. The van der Waals surface area contributed by atoms with Gasteiger partial charge in [0.05, 0.1) is 11.6 Å². The molecule has 1 nitrogen and oxygen atoms in total. The van der Waals surface area contributed by atoms with Gasteiger partial charge in [-0.05, 0) is 12.2 Å². The fourth-order valence-corrected chi connectivity index (χ4v) is 1.87. The van der Waals surface area contributed by atoms with Crippen LogP contribution in [0.15, 0.2) is 40.0 Å². The zero-order valence-electron chi connectivity index (χ0n) is 6.20. The van der Waals surface area contributed by atoms with Gasteiger partial charge in [0.2, 0.25) is 0 Å². The van der Waals surface area contributed by atoms with Gasteiger partial charge >= 0.3 is 0 Å². The number of fused-ring (bicyclic) bond motifs is 1. The van der Waals surface area contributed by atoms with Gasteiger partial charge in [-0.25, -0.2) is 0 Å². The number of rotatable bonds is 0. The third-order valence-electron chi connectivity index (χ3n) is 1.82. The molecule has 1 aliphatic heterocycles. The maximum absolute atomic E-state index is 5.18. The van der Waals surface area contributed by atoms with E-state index in [0.717, 1.165) is 15.1 Å². The highest BCUT2D eigenvalue weighted by atomic mass is 79.9. The van der Waals surface area contributed by atoms with Crippen LogP contribution in [-0.2, 0) is 0 Å². The van der Waals surface area contributed by atoms with Crippen molar-refractivity contribution in [3.8, 4) is 0 Å². The van der Waals surface area contributed by atoms with Gasteiger partial charge in [-0.3, -0.25) is 4.99 Å². The largest absolute Gasteiger partial charge is 0.260 e. The predicted octanol–water partition coefficient (Wildman–Crippen LogP) is 2.79. The van der Waals surface area contributed by atoms with Crippen molar-refractivity contribution in [2.75, 3.05) is 0 Å². The van der Waals surface area contributed by atoms with Crippen molar-refractivity contribution in [2.24, 2.45) is 10.9 Å². The summed E-state index contributed by atoms with van der Waals surface area (Å²) in [5.41, 5.74) is 1.02. The van der Waals surface area contributed by atoms with Gasteiger partial charge in [-0.2, -0.15) is 0 Å². The average Bonchev–Trinajstić information content (AvgIpc) is 2.04. The summed E-state index contributed by atoms with van der Waals surface area (Å²) in [4.78, 5) is 5.18. The number of halogens is 1. The molecular weight excluding hydrogens is 234 g/mol. The van der Waals surface area contributed by atoms with Crippen molar-refractivity contribution in [3.05, 3.63) is 35.0 Å². The predicted molar refractivity (Wildman–Crippen MR) is 58.8 cm³/mol. The summed E-state index contributed by atoms with van der Waals surface area (Å²) >= 11 is 8.57. The van der Waals surface area contributed by atoms with Crippen LogP contribution in [0, 0.1) is 5.92 Å². The molecule has 2 rings (SSSR count). The van der Waals surface area contributed by atoms with Gasteiger partial charge in [-0.15, -0.1) is 0 Å². The summed E-state index contributed by atoms with van der Waals surface area (Å²) in [6.07, 6.45) is 9.70. The topological polar surface area (TPSA) is 12.4 Å². The smallest absolute Gasteiger partial charge is 0.0549 e. The molecule has 12 heavy (non-hydrogen) atoms. The van der Waals surface area contributed by atoms with Crippen LogP contribution in [0.2, 0.25) is 0 Å². The van der Waals surface area contributed by atoms with Gasteiger partial charge in [-0.1, -0.05) is 40.3 Å². The fraction of sp³-hybridized carbons (Fsp3) is 0.111. The van der Waals surface area contributed by atoms with Crippen LogP contribution in [0.1, 0.15) is 0 Å². The third kappa shape index (κ3) is 1.34. The molecule has 2 aliphatic rings. The lowest BCUT2D eigenvalue weighted by Crippen LogP contribution is -2.21. The summed E-state index contributed by atoms with van der Waals surface area (Å²) in [5.74, 6) is 0.214. The second-order valence-electron chi connectivity index (χ2n) is 2.64. The maximum Gasteiger partial charge on any atom is 0.0549 e. The van der Waals surface area contributed by atoms with Crippen LogP contribution in [0.25, 0.3) is 0 Å². The monoisotopic (exact) mass is 239 g/mol. The highest BCUT2D eigenvalue weighted by Crippen LogP contribution is 2.22. The summed E-state index contributed by atoms with van der Waals surface area (Å²) in [6, 6.07) is 0. The number of allylic oxidation sites excluding steroid dienone is 5. The van der Waals surface area contributed by atoms with Crippen LogP contribution in [0.3, 0.4) is 0 Å². The van der Waals surface area contributed by atoms with Crippen LogP contribution in [-0.4, -0.2) is 10.6 Å². The van der Waals surface area contributed by atoms with E-state index in [-0.39, 0.29) is 5.92 Å². The normalized spacial score (nSPS) is 26.4. The van der Waals surface area contributed by atoms with E-state index >= 15 is 0 Å². The van der Waals surface area contributed by atoms with Crippen molar-refractivity contribution < 1.29 is 0 Å². The first kappa shape index (κ1) is 8.08. The molecule has 0 amide bonds. The van der Waals surface area contributed by atoms with E-state index in [0.29, 0.717) is 0 Å². The molecular formula is C9H6BrNS. The molecule has 1 aliphatic carbocycles. The minimum absolute atomic E-state index is 0.214. The summed E-state index contributed by atoms with van der Waals surface area (Å²) in [6.45, 7) is 0. The molecule has 1 unspecified atom stereocenters. The van der Waals surface area contributed by atoms with E-state index in [1.165, 1.54) is 0 Å². The highest BCUT2D eigenvalue weighted by molar-refractivity contribution is 9.11. The van der Waals surface area contributed by atoms with Crippen LogP contribution in [0.4, 0.5) is 0 Å². The number of nitrogens with zero attached hydrogens (tertiary/aromatic N) is 1. The summed E-state index contributed by atoms with van der Waals surface area (Å²) in [7, 11) is 0. The minimum Gasteiger partial charge on any atom is -0.260 e. The molecule has 60 valence electrons. The van der Waals surface area contributed by atoms with E-state index < -0.39 is 0 Å². The summed E-state index contributed by atoms with van der Waals surface area (Å²) < 4.78 is 1.05. The Kier molecular flexibility index (Phi) is 2.07. The third-order valence-corrected chi connectivity index (χ3v) is 2.70. The van der Waals surface area contributed by atoms with Crippen molar-refractivity contribution >= 4 is 38.7 Å². The van der Waals surface area contributed by atoms with Crippen LogP contribution in [0.5, 0.6) is 0 Å². The van der Waals surface area contributed by atoms with E-state index in [9.17, 15) is 0 Å². The zero-order valence-corrected chi connectivity index (χ0v) is 8.60. The van der Waals surface area contributed by atoms with Gasteiger partial charge in [0.15, 0.2) is 0 Å². The first-order valence-electron chi connectivity index (χ1n) is 3.61. The quantitative estimate of drug-likeness (QED) is 0.593. The number of hydrogen-bond donors (Lipinski definition) is 0. The first-order chi connectivity index (χ1) is 5.77. The average molecular weight is 240 g/mol. The molecule has 0 spiro atoms. The molecule has 0 saturated heterocycles. The Balaban J connectivity index is 2.43. The lowest BCUT2D eigenvalue weighted by molar-refractivity contribution is 1.20.